The van der Waals surface area contributed by atoms with Crippen molar-refractivity contribution >= 4 is 11.9 Å². The summed E-state index contributed by atoms with van der Waals surface area (Å²) >= 11 is 0. The number of ether oxygens (including phenoxy) is 1. The molecule has 0 heterocycles. The predicted molar refractivity (Wildman–Crippen MR) is 72.5 cm³/mol. The maximum atomic E-state index is 11.7. The Balaban J connectivity index is 3.36. The summed E-state index contributed by atoms with van der Waals surface area (Å²) in [5, 5.41) is 8.99. The summed E-state index contributed by atoms with van der Waals surface area (Å²) in [6.45, 7) is 7.49. The Kier molecular flexibility index (Phi) is 4.35. The van der Waals surface area contributed by atoms with Gasteiger partial charge in [0.2, 0.25) is 0 Å². The van der Waals surface area contributed by atoms with E-state index in [0.717, 1.165) is 16.7 Å². The molecule has 0 atom stereocenters. The monoisotopic (exact) mass is 264 g/mol. The van der Waals surface area contributed by atoms with Crippen LogP contribution in [-0.4, -0.2) is 24.2 Å². The molecule has 0 bridgehead atoms. The van der Waals surface area contributed by atoms with E-state index in [-0.39, 0.29) is 6.42 Å². The second-order valence-corrected chi connectivity index (χ2v) is 5.43. The molecule has 1 aromatic carbocycles. The standard InChI is InChI=1S/C15H20O4/c1-9-6-10(2)12(7-11(9)14(18)19-5)15(3,4)8-13(16)17/h6-7H,8H2,1-5H3,(H,16,17). The highest BCUT2D eigenvalue weighted by atomic mass is 16.5. The van der Waals surface area contributed by atoms with Crippen LogP contribution in [-0.2, 0) is 14.9 Å². The summed E-state index contributed by atoms with van der Waals surface area (Å²) < 4.78 is 4.75. The Morgan fingerprint density at radius 1 is 1.21 bits per heavy atom. The van der Waals surface area contributed by atoms with Gasteiger partial charge in [-0.1, -0.05) is 19.9 Å². The average molecular weight is 264 g/mol. The number of carboxylic acids is 1. The van der Waals surface area contributed by atoms with E-state index in [1.807, 2.05) is 33.8 Å². The lowest BCUT2D eigenvalue weighted by atomic mass is 9.78. The molecule has 19 heavy (non-hydrogen) atoms. The minimum Gasteiger partial charge on any atom is -0.481 e. The molecule has 0 saturated carbocycles. The molecule has 4 heteroatoms. The van der Waals surface area contributed by atoms with Gasteiger partial charge in [-0.05, 0) is 36.6 Å². The van der Waals surface area contributed by atoms with Gasteiger partial charge in [-0.3, -0.25) is 4.79 Å². The Labute approximate surface area is 113 Å². The molecule has 0 fully saturated rings. The van der Waals surface area contributed by atoms with Crippen LogP contribution in [0.5, 0.6) is 0 Å². The summed E-state index contributed by atoms with van der Waals surface area (Å²) in [5.41, 5.74) is 2.63. The molecule has 1 N–H and O–H groups in total. The fourth-order valence-electron chi connectivity index (χ4n) is 2.38. The van der Waals surface area contributed by atoms with Crippen molar-refractivity contribution in [2.45, 2.75) is 39.5 Å². The number of esters is 1. The van der Waals surface area contributed by atoms with Crippen LogP contribution in [0.15, 0.2) is 12.1 Å². The molecule has 1 aromatic rings. The van der Waals surface area contributed by atoms with E-state index in [4.69, 9.17) is 9.84 Å². The van der Waals surface area contributed by atoms with E-state index in [9.17, 15) is 9.59 Å². The molecule has 0 amide bonds. The topological polar surface area (TPSA) is 63.6 Å². The zero-order valence-corrected chi connectivity index (χ0v) is 12.0. The van der Waals surface area contributed by atoms with Gasteiger partial charge in [0.25, 0.3) is 0 Å². The fraction of sp³-hybridized carbons (Fsp3) is 0.467. The molecule has 0 radical (unpaired) electrons. The number of hydrogen-bond donors (Lipinski definition) is 1. The molecule has 0 spiro atoms. The van der Waals surface area contributed by atoms with E-state index in [1.54, 1.807) is 6.07 Å². The number of aliphatic carboxylic acids is 1. The van der Waals surface area contributed by atoms with Gasteiger partial charge in [-0.2, -0.15) is 0 Å². The quantitative estimate of drug-likeness (QED) is 0.849. The van der Waals surface area contributed by atoms with Crippen LogP contribution >= 0.6 is 0 Å². The third-order valence-corrected chi connectivity index (χ3v) is 3.30. The fourth-order valence-corrected chi connectivity index (χ4v) is 2.38. The van der Waals surface area contributed by atoms with E-state index in [1.165, 1.54) is 7.11 Å². The predicted octanol–water partition coefficient (Wildman–Crippen LogP) is 2.84. The second kappa shape index (κ2) is 5.43. The normalized spacial score (nSPS) is 11.2. The number of methoxy groups -OCH3 is 1. The van der Waals surface area contributed by atoms with Crippen molar-refractivity contribution in [1.29, 1.82) is 0 Å². The molecular weight excluding hydrogens is 244 g/mol. The molecule has 104 valence electrons. The Morgan fingerprint density at radius 2 is 1.79 bits per heavy atom. The number of aryl methyl sites for hydroxylation is 2. The van der Waals surface area contributed by atoms with Crippen LogP contribution in [0.4, 0.5) is 0 Å². The second-order valence-electron chi connectivity index (χ2n) is 5.43. The summed E-state index contributed by atoms with van der Waals surface area (Å²) in [6.07, 6.45) is 0.0114. The van der Waals surface area contributed by atoms with Crippen LogP contribution in [0.1, 0.15) is 47.3 Å². The number of carboxylic acid groups (broad SMARTS) is 1. The van der Waals surface area contributed by atoms with Gasteiger partial charge >= 0.3 is 11.9 Å². The molecule has 0 unspecified atom stereocenters. The van der Waals surface area contributed by atoms with Crippen LogP contribution < -0.4 is 0 Å². The molecule has 4 nitrogen and oxygen atoms in total. The van der Waals surface area contributed by atoms with Crippen molar-refractivity contribution in [3.05, 3.63) is 34.4 Å². The number of hydrogen-bond acceptors (Lipinski definition) is 3. The summed E-state index contributed by atoms with van der Waals surface area (Å²) in [6, 6.07) is 3.64. The average Bonchev–Trinajstić information content (AvgIpc) is 2.25. The number of carbonyl (C=O) groups is 2. The van der Waals surface area contributed by atoms with E-state index >= 15 is 0 Å². The highest BCUT2D eigenvalue weighted by Gasteiger charge is 2.27. The Morgan fingerprint density at radius 3 is 2.26 bits per heavy atom. The third kappa shape index (κ3) is 3.34. The zero-order valence-electron chi connectivity index (χ0n) is 12.0. The smallest absolute Gasteiger partial charge is 0.338 e. The molecule has 0 aliphatic heterocycles. The summed E-state index contributed by atoms with van der Waals surface area (Å²) in [7, 11) is 1.34. The van der Waals surface area contributed by atoms with Crippen LogP contribution in [0.25, 0.3) is 0 Å². The first kappa shape index (κ1) is 15.2. The van der Waals surface area contributed by atoms with Crippen molar-refractivity contribution in [3.8, 4) is 0 Å². The van der Waals surface area contributed by atoms with Crippen molar-refractivity contribution in [2.24, 2.45) is 0 Å². The highest BCUT2D eigenvalue weighted by molar-refractivity contribution is 5.91. The minimum absolute atomic E-state index is 0.0114. The van der Waals surface area contributed by atoms with Gasteiger partial charge in [-0.15, -0.1) is 0 Å². The van der Waals surface area contributed by atoms with Crippen molar-refractivity contribution in [1.82, 2.24) is 0 Å². The largest absolute Gasteiger partial charge is 0.481 e. The lowest BCUT2D eigenvalue weighted by Gasteiger charge is -2.26. The van der Waals surface area contributed by atoms with Crippen molar-refractivity contribution < 1.29 is 19.4 Å². The summed E-state index contributed by atoms with van der Waals surface area (Å²) in [4.78, 5) is 22.7. The minimum atomic E-state index is -0.857. The lowest BCUT2D eigenvalue weighted by molar-refractivity contribution is -0.138. The first-order chi connectivity index (χ1) is 8.69. The van der Waals surface area contributed by atoms with Gasteiger partial charge in [0, 0.05) is 5.41 Å². The van der Waals surface area contributed by atoms with E-state index < -0.39 is 17.4 Å². The zero-order chi connectivity index (χ0) is 14.8. The maximum Gasteiger partial charge on any atom is 0.338 e. The first-order valence-electron chi connectivity index (χ1n) is 6.11. The van der Waals surface area contributed by atoms with E-state index in [0.29, 0.717) is 5.56 Å². The van der Waals surface area contributed by atoms with Crippen LogP contribution in [0.3, 0.4) is 0 Å². The Bertz CT molecular complexity index is 515. The van der Waals surface area contributed by atoms with Gasteiger partial charge < -0.3 is 9.84 Å². The molecular formula is C15H20O4. The number of rotatable bonds is 4. The molecule has 0 aromatic heterocycles. The molecule has 0 aliphatic rings. The van der Waals surface area contributed by atoms with Gasteiger partial charge in [0.15, 0.2) is 0 Å². The van der Waals surface area contributed by atoms with Gasteiger partial charge in [0.05, 0.1) is 19.1 Å². The Hall–Kier alpha value is -1.84. The highest BCUT2D eigenvalue weighted by Crippen LogP contribution is 2.31. The van der Waals surface area contributed by atoms with Gasteiger partial charge in [0.1, 0.15) is 0 Å². The molecule has 1 rings (SSSR count). The lowest BCUT2D eigenvalue weighted by Crippen LogP contribution is -2.23. The van der Waals surface area contributed by atoms with Gasteiger partial charge in [-0.25, -0.2) is 4.79 Å². The van der Waals surface area contributed by atoms with E-state index in [2.05, 4.69) is 0 Å². The van der Waals surface area contributed by atoms with Crippen LogP contribution in [0, 0.1) is 13.8 Å². The molecule has 0 saturated heterocycles. The molecule has 0 aliphatic carbocycles. The van der Waals surface area contributed by atoms with Crippen molar-refractivity contribution in [2.75, 3.05) is 7.11 Å². The first-order valence-corrected chi connectivity index (χ1v) is 6.11. The maximum absolute atomic E-state index is 11.7. The SMILES string of the molecule is COC(=O)c1cc(C(C)(C)CC(=O)O)c(C)cc1C. The van der Waals surface area contributed by atoms with Crippen molar-refractivity contribution in [3.63, 3.8) is 0 Å². The summed E-state index contributed by atoms with van der Waals surface area (Å²) in [5.74, 6) is -1.26. The number of benzene rings is 1. The third-order valence-electron chi connectivity index (χ3n) is 3.30. The van der Waals surface area contributed by atoms with Crippen LogP contribution in [0.2, 0.25) is 0 Å². The number of carbonyl (C=O) groups excluding carboxylic acids is 1.